The molecular formula is C16H30N2O3. The van der Waals surface area contributed by atoms with Crippen LogP contribution in [0.5, 0.6) is 0 Å². The number of piperazine rings is 1. The van der Waals surface area contributed by atoms with E-state index < -0.39 is 12.1 Å². The van der Waals surface area contributed by atoms with E-state index in [4.69, 9.17) is 4.74 Å². The summed E-state index contributed by atoms with van der Waals surface area (Å²) in [5, 5.41) is 2.88. The van der Waals surface area contributed by atoms with Gasteiger partial charge in [0.25, 0.3) is 0 Å². The molecule has 5 heteroatoms. The van der Waals surface area contributed by atoms with Crippen LogP contribution in [0.25, 0.3) is 0 Å². The van der Waals surface area contributed by atoms with Gasteiger partial charge in [-0.25, -0.2) is 0 Å². The highest BCUT2D eigenvalue weighted by Crippen LogP contribution is 2.28. The molecule has 0 aromatic rings. The van der Waals surface area contributed by atoms with Gasteiger partial charge >= 0.3 is 0 Å². The molecule has 1 heterocycles. The fraction of sp³-hybridized carbons (Fsp3) is 0.875. The van der Waals surface area contributed by atoms with Crippen molar-refractivity contribution in [3.05, 3.63) is 0 Å². The summed E-state index contributed by atoms with van der Waals surface area (Å²) in [7, 11) is 0. The second-order valence-electron chi connectivity index (χ2n) is 7.14. The van der Waals surface area contributed by atoms with E-state index in [1.807, 2.05) is 41.5 Å². The van der Waals surface area contributed by atoms with Crippen LogP contribution in [0, 0.1) is 11.3 Å². The van der Waals surface area contributed by atoms with Gasteiger partial charge in [-0.05, 0) is 17.8 Å². The van der Waals surface area contributed by atoms with Crippen molar-refractivity contribution < 1.29 is 14.3 Å². The Balaban J connectivity index is 2.90. The third-order valence-electron chi connectivity index (χ3n) is 3.72. The van der Waals surface area contributed by atoms with Crippen molar-refractivity contribution in [2.24, 2.45) is 11.3 Å². The first-order valence-corrected chi connectivity index (χ1v) is 7.88. The number of amides is 2. The Bertz CT molecular complexity index is 374. The quantitative estimate of drug-likeness (QED) is 0.761. The molecular weight excluding hydrogens is 268 g/mol. The van der Waals surface area contributed by atoms with Gasteiger partial charge < -0.3 is 15.0 Å². The number of hydrogen-bond acceptors (Lipinski definition) is 3. The molecule has 5 nitrogen and oxygen atoms in total. The number of ether oxygens (including phenoxy) is 1. The van der Waals surface area contributed by atoms with Crippen molar-refractivity contribution >= 4 is 11.8 Å². The molecule has 0 spiro atoms. The molecule has 1 aliphatic rings. The average molecular weight is 298 g/mol. The minimum Gasteiger partial charge on any atom is -0.380 e. The minimum absolute atomic E-state index is 0.00428. The van der Waals surface area contributed by atoms with Crippen LogP contribution in [0.1, 0.15) is 48.0 Å². The molecule has 0 radical (unpaired) electrons. The third-order valence-corrected chi connectivity index (χ3v) is 3.72. The lowest BCUT2D eigenvalue weighted by atomic mass is 9.82. The monoisotopic (exact) mass is 298 g/mol. The summed E-state index contributed by atoms with van der Waals surface area (Å²) in [6, 6.07) is -0.868. The highest BCUT2D eigenvalue weighted by atomic mass is 16.5. The second kappa shape index (κ2) is 7.25. The predicted octanol–water partition coefficient (Wildman–Crippen LogP) is 1.81. The first kappa shape index (κ1) is 18.0. The molecule has 0 aromatic carbocycles. The Kier molecular flexibility index (Phi) is 6.20. The van der Waals surface area contributed by atoms with E-state index in [2.05, 4.69) is 5.32 Å². The highest BCUT2D eigenvalue weighted by molar-refractivity contribution is 5.97. The normalized spacial score (nSPS) is 23.7. The molecule has 1 fully saturated rings. The maximum atomic E-state index is 12.7. The Morgan fingerprint density at radius 1 is 1.24 bits per heavy atom. The van der Waals surface area contributed by atoms with Gasteiger partial charge in [0.15, 0.2) is 0 Å². The number of carbonyl (C=O) groups excluding carboxylic acids is 2. The molecule has 1 saturated heterocycles. The number of nitrogens with zero attached hydrogens (tertiary/aromatic N) is 1. The molecule has 1 N–H and O–H groups in total. The molecule has 2 atom stereocenters. The summed E-state index contributed by atoms with van der Waals surface area (Å²) in [5.74, 6) is 0.0299. The Morgan fingerprint density at radius 3 is 2.33 bits per heavy atom. The largest absolute Gasteiger partial charge is 0.380 e. The van der Waals surface area contributed by atoms with Gasteiger partial charge in [0, 0.05) is 13.2 Å². The summed E-state index contributed by atoms with van der Waals surface area (Å²) in [4.78, 5) is 26.9. The molecule has 2 unspecified atom stereocenters. The maximum absolute atomic E-state index is 12.7. The second-order valence-corrected chi connectivity index (χ2v) is 7.14. The van der Waals surface area contributed by atoms with Gasteiger partial charge in [0.1, 0.15) is 12.1 Å². The third kappa shape index (κ3) is 4.43. The summed E-state index contributed by atoms with van der Waals surface area (Å²) in [5.41, 5.74) is -0.299. The number of rotatable bonds is 6. The van der Waals surface area contributed by atoms with E-state index >= 15 is 0 Å². The number of carbonyl (C=O) groups is 2. The van der Waals surface area contributed by atoms with Crippen molar-refractivity contribution in [2.75, 3.05) is 19.8 Å². The van der Waals surface area contributed by atoms with Crippen LogP contribution in [0.3, 0.4) is 0 Å². The summed E-state index contributed by atoms with van der Waals surface area (Å²) >= 11 is 0. The molecule has 0 aromatic heterocycles. The maximum Gasteiger partial charge on any atom is 0.246 e. The van der Waals surface area contributed by atoms with Crippen LogP contribution in [0.2, 0.25) is 0 Å². The van der Waals surface area contributed by atoms with Crippen LogP contribution < -0.4 is 5.32 Å². The lowest BCUT2D eigenvalue weighted by Crippen LogP contribution is -2.68. The van der Waals surface area contributed by atoms with Crippen molar-refractivity contribution in [3.8, 4) is 0 Å². The Labute approximate surface area is 128 Å². The fourth-order valence-electron chi connectivity index (χ4n) is 2.70. The van der Waals surface area contributed by atoms with Gasteiger partial charge in [-0.2, -0.15) is 0 Å². The van der Waals surface area contributed by atoms with Crippen LogP contribution in [0.4, 0.5) is 0 Å². The SMILES string of the molecule is CCCOCCN1C(=O)C(C(C)C)NC(=O)C1C(C)(C)C. The van der Waals surface area contributed by atoms with Crippen molar-refractivity contribution in [1.29, 1.82) is 0 Å². The van der Waals surface area contributed by atoms with Gasteiger partial charge in [-0.1, -0.05) is 41.5 Å². The van der Waals surface area contributed by atoms with Crippen molar-refractivity contribution in [3.63, 3.8) is 0 Å². The highest BCUT2D eigenvalue weighted by Gasteiger charge is 2.46. The van der Waals surface area contributed by atoms with Crippen molar-refractivity contribution in [1.82, 2.24) is 10.2 Å². The van der Waals surface area contributed by atoms with E-state index in [0.717, 1.165) is 6.42 Å². The lowest BCUT2D eigenvalue weighted by molar-refractivity contribution is -0.156. The van der Waals surface area contributed by atoms with E-state index in [0.29, 0.717) is 19.8 Å². The van der Waals surface area contributed by atoms with Gasteiger partial charge in [0.2, 0.25) is 11.8 Å². The molecule has 0 aliphatic carbocycles. The molecule has 21 heavy (non-hydrogen) atoms. The van der Waals surface area contributed by atoms with Crippen LogP contribution in [-0.4, -0.2) is 48.6 Å². The fourth-order valence-corrected chi connectivity index (χ4v) is 2.70. The van der Waals surface area contributed by atoms with Crippen LogP contribution in [0.15, 0.2) is 0 Å². The zero-order chi connectivity index (χ0) is 16.2. The summed E-state index contributed by atoms with van der Waals surface area (Å²) < 4.78 is 5.50. The van der Waals surface area contributed by atoms with Gasteiger partial charge in [-0.3, -0.25) is 9.59 Å². The van der Waals surface area contributed by atoms with E-state index in [9.17, 15) is 9.59 Å². The minimum atomic E-state index is -0.440. The van der Waals surface area contributed by atoms with Gasteiger partial charge in [-0.15, -0.1) is 0 Å². The van der Waals surface area contributed by atoms with E-state index in [1.54, 1.807) is 4.90 Å². The Morgan fingerprint density at radius 2 is 1.86 bits per heavy atom. The topological polar surface area (TPSA) is 58.6 Å². The molecule has 1 rings (SSSR count). The standard InChI is InChI=1S/C16H30N2O3/c1-7-9-21-10-8-18-13(16(4,5)6)14(19)17-12(11(2)3)15(18)20/h11-13H,7-10H2,1-6H3,(H,17,19). The molecule has 122 valence electrons. The first-order chi connectivity index (χ1) is 9.70. The summed E-state index contributed by atoms with van der Waals surface area (Å²) in [6.07, 6.45) is 0.950. The molecule has 0 saturated carbocycles. The van der Waals surface area contributed by atoms with Crippen molar-refractivity contribution in [2.45, 2.75) is 60.0 Å². The average Bonchev–Trinajstić information content (AvgIpc) is 2.35. The molecule has 1 aliphatic heterocycles. The molecule has 0 bridgehead atoms. The zero-order valence-corrected chi connectivity index (χ0v) is 14.2. The van der Waals surface area contributed by atoms with E-state index in [-0.39, 0.29) is 23.1 Å². The first-order valence-electron chi connectivity index (χ1n) is 7.88. The molecule has 2 amide bonds. The van der Waals surface area contributed by atoms with E-state index in [1.165, 1.54) is 0 Å². The predicted molar refractivity (Wildman–Crippen MR) is 82.8 cm³/mol. The smallest absolute Gasteiger partial charge is 0.246 e. The summed E-state index contributed by atoms with van der Waals surface area (Å²) in [6.45, 7) is 13.5. The van der Waals surface area contributed by atoms with Crippen LogP contribution in [-0.2, 0) is 14.3 Å². The lowest BCUT2D eigenvalue weighted by Gasteiger charge is -2.45. The Hall–Kier alpha value is -1.10. The number of nitrogens with one attached hydrogen (secondary N) is 1. The van der Waals surface area contributed by atoms with Gasteiger partial charge in [0.05, 0.1) is 6.61 Å². The number of hydrogen-bond donors (Lipinski definition) is 1. The van der Waals surface area contributed by atoms with Crippen LogP contribution >= 0.6 is 0 Å². The zero-order valence-electron chi connectivity index (χ0n) is 14.2.